The van der Waals surface area contributed by atoms with E-state index in [1.807, 2.05) is 0 Å². The van der Waals surface area contributed by atoms with Crippen LogP contribution in [0.2, 0.25) is 0 Å². The molecule has 14 heteroatoms. The van der Waals surface area contributed by atoms with E-state index in [1.165, 1.54) is 37.2 Å². The third-order valence-corrected chi connectivity index (χ3v) is 6.80. The zero-order valence-electron chi connectivity index (χ0n) is 24.0. The molecule has 1 saturated heterocycles. The Morgan fingerprint density at radius 1 is 1.21 bits per heavy atom. The number of aromatic nitrogens is 1. The van der Waals surface area contributed by atoms with Gasteiger partial charge in [0.2, 0.25) is 0 Å². The van der Waals surface area contributed by atoms with Crippen LogP contribution in [0, 0.1) is 11.6 Å². The molecule has 0 N–H and O–H groups in total. The molecule has 2 aliphatic heterocycles. The van der Waals surface area contributed by atoms with Gasteiger partial charge in [-0.25, -0.2) is 18.5 Å². The fourth-order valence-electron chi connectivity index (χ4n) is 4.84. The molecule has 42 heavy (non-hydrogen) atoms. The Hall–Kier alpha value is -4.33. The predicted molar refractivity (Wildman–Crippen MR) is 145 cm³/mol. The van der Waals surface area contributed by atoms with Crippen molar-refractivity contribution in [3.05, 3.63) is 47.7 Å². The second kappa shape index (κ2) is 11.9. The van der Waals surface area contributed by atoms with Gasteiger partial charge in [-0.15, -0.1) is 0 Å². The number of cyclic esters (lactones) is 1. The summed E-state index contributed by atoms with van der Waals surface area (Å²) in [5, 5.41) is 3.79. The maximum Gasteiger partial charge on any atom is 0.523 e. The fourth-order valence-corrected chi connectivity index (χ4v) is 4.84. The highest BCUT2D eigenvalue weighted by Gasteiger charge is 2.50. The van der Waals surface area contributed by atoms with E-state index < -0.39 is 58.6 Å². The normalized spacial score (nSPS) is 19.5. The topological polar surface area (TPSA) is 128 Å². The van der Waals surface area contributed by atoms with Crippen molar-refractivity contribution in [2.75, 3.05) is 37.8 Å². The lowest BCUT2D eigenvalue weighted by Crippen LogP contribution is -2.58. The molecule has 0 radical (unpaired) electrons. The van der Waals surface area contributed by atoms with Crippen molar-refractivity contribution in [2.45, 2.75) is 52.7 Å². The molecular weight excluding hydrogens is 558 g/mol. The Morgan fingerprint density at radius 2 is 1.90 bits per heavy atom. The Labute approximate surface area is 240 Å². The third-order valence-electron chi connectivity index (χ3n) is 6.80. The number of halogens is 2. The van der Waals surface area contributed by atoms with Crippen molar-refractivity contribution in [1.82, 2.24) is 14.5 Å². The van der Waals surface area contributed by atoms with Crippen molar-refractivity contribution >= 4 is 41.1 Å². The average molecular weight is 592 g/mol. The number of hydrogen-bond acceptors (Lipinski definition) is 9. The van der Waals surface area contributed by atoms with Crippen molar-refractivity contribution in [1.29, 1.82) is 0 Å². The number of anilines is 1. The molecule has 1 aromatic carbocycles. The molecule has 0 aliphatic carbocycles. The molecule has 2 atom stereocenters. The zero-order chi connectivity index (χ0) is 30.8. The first kappa shape index (κ1) is 30.6. The van der Waals surface area contributed by atoms with E-state index in [9.17, 15) is 19.2 Å². The largest absolute Gasteiger partial charge is 0.523 e. The summed E-state index contributed by atoms with van der Waals surface area (Å²) in [6, 6.07) is 3.48. The SMILES string of the molecule is CC(=O)O[C@@H](C)C(=O)N1CC=C(c2c(F)cc([N@@+]3(CN(C(=O)OC(C)(C)C)c4ccon4)CCOC3=O)cc2F)CC1. The minimum absolute atomic E-state index is 0.0193. The monoisotopic (exact) mass is 591 g/mol. The van der Waals surface area contributed by atoms with Crippen molar-refractivity contribution < 1.29 is 46.7 Å². The van der Waals surface area contributed by atoms with Gasteiger partial charge in [0.05, 0.1) is 0 Å². The molecule has 1 aromatic heterocycles. The Morgan fingerprint density at radius 3 is 2.40 bits per heavy atom. The molecule has 226 valence electrons. The molecule has 2 aliphatic rings. The summed E-state index contributed by atoms with van der Waals surface area (Å²) < 4.78 is 51.1. The summed E-state index contributed by atoms with van der Waals surface area (Å²) in [6.45, 7) is 7.37. The predicted octanol–water partition coefficient (Wildman–Crippen LogP) is 4.38. The zero-order valence-corrected chi connectivity index (χ0v) is 24.0. The Balaban J connectivity index is 1.64. The number of rotatable bonds is 7. The van der Waals surface area contributed by atoms with E-state index in [0.29, 0.717) is 5.57 Å². The summed E-state index contributed by atoms with van der Waals surface area (Å²) in [7, 11) is 0. The van der Waals surface area contributed by atoms with Crippen LogP contribution in [-0.4, -0.2) is 78.7 Å². The van der Waals surface area contributed by atoms with Crippen LogP contribution >= 0.6 is 0 Å². The third kappa shape index (κ3) is 6.43. The Kier molecular flexibility index (Phi) is 8.66. The van der Waals surface area contributed by atoms with E-state index in [0.717, 1.165) is 17.0 Å². The van der Waals surface area contributed by atoms with E-state index >= 15 is 8.78 Å². The molecule has 2 aromatic rings. The molecular formula is C28H33F2N4O8+. The maximum atomic E-state index is 15.7. The van der Waals surface area contributed by atoms with Gasteiger partial charge in [0.15, 0.2) is 24.3 Å². The number of quaternary nitrogens is 1. The quantitative estimate of drug-likeness (QED) is 0.262. The molecule has 0 saturated carbocycles. The van der Waals surface area contributed by atoms with Gasteiger partial charge < -0.3 is 23.6 Å². The first-order chi connectivity index (χ1) is 19.7. The summed E-state index contributed by atoms with van der Waals surface area (Å²) >= 11 is 0. The van der Waals surface area contributed by atoms with Crippen LogP contribution in [-0.2, 0) is 23.8 Å². The van der Waals surface area contributed by atoms with Gasteiger partial charge in [0.25, 0.3) is 5.91 Å². The first-order valence-corrected chi connectivity index (χ1v) is 13.3. The van der Waals surface area contributed by atoms with E-state index in [-0.39, 0.29) is 49.7 Å². The number of ether oxygens (including phenoxy) is 3. The van der Waals surface area contributed by atoms with Crippen LogP contribution in [0.5, 0.6) is 0 Å². The van der Waals surface area contributed by atoms with Gasteiger partial charge in [-0.2, -0.15) is 9.28 Å². The highest BCUT2D eigenvalue weighted by Crippen LogP contribution is 2.36. The molecule has 0 unspecified atom stereocenters. The van der Waals surface area contributed by atoms with Crippen molar-refractivity contribution in [3.8, 4) is 0 Å². The second-order valence-electron chi connectivity index (χ2n) is 11.0. The van der Waals surface area contributed by atoms with Crippen molar-refractivity contribution in [3.63, 3.8) is 0 Å². The minimum atomic E-state index is -0.983. The minimum Gasteiger partial charge on any atom is -0.453 e. The number of carbonyl (C=O) groups is 4. The van der Waals surface area contributed by atoms with Gasteiger partial charge >= 0.3 is 18.2 Å². The van der Waals surface area contributed by atoms with Crippen LogP contribution in [0.3, 0.4) is 0 Å². The highest BCUT2D eigenvalue weighted by molar-refractivity contribution is 5.91. The molecule has 0 spiro atoms. The van der Waals surface area contributed by atoms with Crippen LogP contribution in [0.4, 0.5) is 29.9 Å². The van der Waals surface area contributed by atoms with E-state index in [1.54, 1.807) is 20.8 Å². The lowest BCUT2D eigenvalue weighted by Gasteiger charge is -2.33. The van der Waals surface area contributed by atoms with E-state index in [2.05, 4.69) is 5.16 Å². The van der Waals surface area contributed by atoms with Crippen LogP contribution < -0.4 is 9.38 Å². The smallest absolute Gasteiger partial charge is 0.453 e. The number of benzene rings is 1. The molecule has 0 bridgehead atoms. The molecule has 1 fully saturated rings. The molecule has 3 amide bonds. The molecule has 3 heterocycles. The number of nitrogens with zero attached hydrogens (tertiary/aromatic N) is 4. The number of esters is 1. The number of hydrogen-bond donors (Lipinski definition) is 0. The summed E-state index contributed by atoms with van der Waals surface area (Å²) in [5.74, 6) is -2.82. The van der Waals surface area contributed by atoms with Gasteiger partial charge in [-0.3, -0.25) is 9.59 Å². The molecule has 4 rings (SSSR count). The lowest BCUT2D eigenvalue weighted by atomic mass is 9.97. The summed E-state index contributed by atoms with van der Waals surface area (Å²) in [6.07, 6.45) is 0.269. The van der Waals surface area contributed by atoms with Gasteiger partial charge in [-0.1, -0.05) is 11.2 Å². The number of amides is 3. The van der Waals surface area contributed by atoms with Crippen molar-refractivity contribution in [2.24, 2.45) is 0 Å². The lowest BCUT2D eigenvalue weighted by molar-refractivity contribution is -0.157. The standard InChI is InChI=1S/C28H33F2N4O8/c1-17(41-18(2)35)25(36)32-9-6-19(7-10-32)24-21(29)14-20(15-22(24)30)34(11-13-39-27(34)38)16-33(23-8-12-40-31-23)26(37)42-28(3,4)5/h6,8,12,14-15,17H,7,9-11,13,16H2,1-5H3/q+1/t17-,34-/m0/s1. The summed E-state index contributed by atoms with van der Waals surface area (Å²) in [4.78, 5) is 52.5. The number of carbonyl (C=O) groups excluding carboxylic acids is 4. The second-order valence-corrected chi connectivity index (χ2v) is 11.0. The van der Waals surface area contributed by atoms with Crippen LogP contribution in [0.1, 0.15) is 46.6 Å². The van der Waals surface area contributed by atoms with Gasteiger partial charge in [0, 0.05) is 43.8 Å². The Bertz CT molecular complexity index is 1380. The fraction of sp³-hybridized carbons (Fsp3) is 0.464. The van der Waals surface area contributed by atoms with E-state index in [4.69, 9.17) is 18.7 Å². The first-order valence-electron chi connectivity index (χ1n) is 13.3. The van der Waals surface area contributed by atoms with Gasteiger partial charge in [-0.05, 0) is 39.7 Å². The van der Waals surface area contributed by atoms with Crippen LogP contribution in [0.25, 0.3) is 5.57 Å². The van der Waals surface area contributed by atoms with Gasteiger partial charge in [0.1, 0.15) is 36.7 Å². The van der Waals surface area contributed by atoms with Crippen LogP contribution in [0.15, 0.2) is 35.1 Å². The summed E-state index contributed by atoms with van der Waals surface area (Å²) in [5.41, 5.74) is -0.905. The maximum absolute atomic E-state index is 15.7. The highest BCUT2D eigenvalue weighted by atomic mass is 19.1. The molecule has 12 nitrogen and oxygen atoms in total. The average Bonchev–Trinajstić information content (AvgIpc) is 3.56.